The summed E-state index contributed by atoms with van der Waals surface area (Å²) in [5.74, 6) is 1.52. The highest BCUT2D eigenvalue weighted by Gasteiger charge is 2.18. The molecule has 21 heavy (non-hydrogen) atoms. The van der Waals surface area contributed by atoms with E-state index < -0.39 is 0 Å². The van der Waals surface area contributed by atoms with E-state index in [1.165, 1.54) is 0 Å². The molecule has 1 heterocycles. The second kappa shape index (κ2) is 6.23. The second-order valence-electron chi connectivity index (χ2n) is 5.81. The van der Waals surface area contributed by atoms with E-state index in [1.807, 2.05) is 30.3 Å². The van der Waals surface area contributed by atoms with Gasteiger partial charge in [-0.1, -0.05) is 32.9 Å². The maximum Gasteiger partial charge on any atom is 0.137 e. The smallest absolute Gasteiger partial charge is 0.137 e. The van der Waals surface area contributed by atoms with Gasteiger partial charge in [-0.05, 0) is 33.6 Å². The minimum Gasteiger partial charge on any atom is -0.340 e. The number of benzene rings is 1. The number of anilines is 2. The summed E-state index contributed by atoms with van der Waals surface area (Å²) in [7, 11) is 0. The first-order valence-electron chi connectivity index (χ1n) is 6.66. The Balaban J connectivity index is 2.23. The minimum absolute atomic E-state index is 0.114. The summed E-state index contributed by atoms with van der Waals surface area (Å²) in [4.78, 5) is 8.97. The highest BCUT2D eigenvalue weighted by molar-refractivity contribution is 9.10. The van der Waals surface area contributed by atoms with Crippen LogP contribution in [0.3, 0.4) is 0 Å². The zero-order chi connectivity index (χ0) is 15.5. The normalized spacial score (nSPS) is 11.0. The Morgan fingerprint density at radius 1 is 1.19 bits per heavy atom. The van der Waals surface area contributed by atoms with Gasteiger partial charge in [0.15, 0.2) is 0 Å². The van der Waals surface area contributed by atoms with E-state index in [9.17, 15) is 0 Å². The van der Waals surface area contributed by atoms with Crippen molar-refractivity contribution in [3.8, 4) is 6.07 Å². The Morgan fingerprint density at radius 2 is 1.86 bits per heavy atom. The first kappa shape index (κ1) is 15.5. The highest BCUT2D eigenvalue weighted by Crippen LogP contribution is 2.24. The Bertz CT molecular complexity index is 666. The summed E-state index contributed by atoms with van der Waals surface area (Å²) in [6.07, 6.45) is 0.424. The van der Waals surface area contributed by atoms with Gasteiger partial charge in [0.1, 0.15) is 16.2 Å². The number of halogens is 1. The van der Waals surface area contributed by atoms with E-state index in [2.05, 4.69) is 58.1 Å². The van der Waals surface area contributed by atoms with Gasteiger partial charge in [-0.2, -0.15) is 5.26 Å². The number of hydrogen-bond acceptors (Lipinski definition) is 4. The van der Waals surface area contributed by atoms with E-state index in [-0.39, 0.29) is 5.41 Å². The van der Waals surface area contributed by atoms with Gasteiger partial charge in [0.2, 0.25) is 0 Å². The van der Waals surface area contributed by atoms with Crippen molar-refractivity contribution in [2.75, 3.05) is 5.32 Å². The van der Waals surface area contributed by atoms with E-state index in [0.717, 1.165) is 27.5 Å². The van der Waals surface area contributed by atoms with E-state index >= 15 is 0 Å². The quantitative estimate of drug-likeness (QED) is 0.841. The number of rotatable bonds is 3. The van der Waals surface area contributed by atoms with E-state index in [4.69, 9.17) is 5.26 Å². The van der Waals surface area contributed by atoms with Crippen molar-refractivity contribution >= 4 is 27.4 Å². The molecule has 0 fully saturated rings. The molecule has 0 aliphatic carbocycles. The summed E-state index contributed by atoms with van der Waals surface area (Å²) in [5, 5.41) is 11.9. The molecule has 0 radical (unpaired) electrons. The molecule has 108 valence electrons. The van der Waals surface area contributed by atoms with Crippen molar-refractivity contribution in [2.45, 2.75) is 32.6 Å². The summed E-state index contributed by atoms with van der Waals surface area (Å²) in [5.41, 5.74) is 1.82. The topological polar surface area (TPSA) is 61.6 Å². The lowest BCUT2D eigenvalue weighted by atomic mass is 9.96. The maximum absolute atomic E-state index is 8.67. The molecule has 1 aromatic heterocycles. The molecular weight excluding hydrogens is 328 g/mol. The van der Waals surface area contributed by atoms with Crippen LogP contribution in [0.5, 0.6) is 0 Å². The monoisotopic (exact) mass is 344 g/mol. The van der Waals surface area contributed by atoms with Crippen LogP contribution in [0.2, 0.25) is 0 Å². The molecular formula is C16H17BrN4. The molecule has 4 nitrogen and oxygen atoms in total. The molecule has 2 rings (SSSR count). The fourth-order valence-corrected chi connectivity index (χ4v) is 2.15. The molecule has 0 unspecified atom stereocenters. The van der Waals surface area contributed by atoms with Crippen LogP contribution in [0.1, 0.15) is 32.2 Å². The Hall–Kier alpha value is -1.93. The van der Waals surface area contributed by atoms with Crippen LogP contribution < -0.4 is 5.32 Å². The molecule has 1 N–H and O–H groups in total. The molecule has 0 saturated carbocycles. The van der Waals surface area contributed by atoms with Gasteiger partial charge < -0.3 is 5.32 Å². The van der Waals surface area contributed by atoms with Gasteiger partial charge in [-0.15, -0.1) is 0 Å². The Morgan fingerprint density at radius 3 is 2.43 bits per heavy atom. The lowest BCUT2D eigenvalue weighted by Gasteiger charge is -2.18. The van der Waals surface area contributed by atoms with Gasteiger partial charge in [0, 0.05) is 17.2 Å². The summed E-state index contributed by atoms with van der Waals surface area (Å²) < 4.78 is 0.756. The molecule has 0 aliphatic rings. The van der Waals surface area contributed by atoms with E-state index in [0.29, 0.717) is 6.42 Å². The maximum atomic E-state index is 8.67. The molecule has 0 saturated heterocycles. The minimum atomic E-state index is -0.114. The van der Waals surface area contributed by atoms with Crippen LogP contribution in [0, 0.1) is 11.3 Å². The zero-order valence-corrected chi connectivity index (χ0v) is 13.9. The molecule has 5 heteroatoms. The van der Waals surface area contributed by atoms with Crippen LogP contribution in [0.4, 0.5) is 11.5 Å². The van der Waals surface area contributed by atoms with Crippen LogP contribution >= 0.6 is 15.9 Å². The SMILES string of the molecule is CC(C)(C)c1nc(Br)cc(Nc2ccc(CC#N)cc2)n1. The van der Waals surface area contributed by atoms with Crippen LogP contribution in [-0.4, -0.2) is 9.97 Å². The number of nitrogens with one attached hydrogen (secondary N) is 1. The zero-order valence-electron chi connectivity index (χ0n) is 12.3. The summed E-state index contributed by atoms with van der Waals surface area (Å²) in [6, 6.07) is 11.7. The lowest BCUT2D eigenvalue weighted by Crippen LogP contribution is -2.16. The van der Waals surface area contributed by atoms with Crippen LogP contribution in [0.25, 0.3) is 0 Å². The van der Waals surface area contributed by atoms with Crippen molar-refractivity contribution < 1.29 is 0 Å². The number of aromatic nitrogens is 2. The largest absolute Gasteiger partial charge is 0.340 e. The fourth-order valence-electron chi connectivity index (χ4n) is 1.76. The summed E-state index contributed by atoms with van der Waals surface area (Å²) >= 11 is 3.42. The summed E-state index contributed by atoms with van der Waals surface area (Å²) in [6.45, 7) is 6.24. The Labute approximate surface area is 133 Å². The predicted molar refractivity (Wildman–Crippen MR) is 87.5 cm³/mol. The number of nitrogens with zero attached hydrogens (tertiary/aromatic N) is 3. The Kier molecular flexibility index (Phi) is 4.59. The van der Waals surface area contributed by atoms with Crippen molar-refractivity contribution in [1.82, 2.24) is 9.97 Å². The first-order valence-corrected chi connectivity index (χ1v) is 7.46. The van der Waals surface area contributed by atoms with Gasteiger partial charge in [0.05, 0.1) is 12.5 Å². The van der Waals surface area contributed by atoms with Gasteiger partial charge in [-0.25, -0.2) is 9.97 Å². The van der Waals surface area contributed by atoms with Gasteiger partial charge in [-0.3, -0.25) is 0 Å². The molecule has 2 aromatic rings. The molecule has 1 aromatic carbocycles. The van der Waals surface area contributed by atoms with Crippen LogP contribution in [0.15, 0.2) is 34.9 Å². The predicted octanol–water partition coefficient (Wildman–Crippen LogP) is 4.35. The number of hydrogen-bond donors (Lipinski definition) is 1. The average Bonchev–Trinajstić information content (AvgIpc) is 2.40. The average molecular weight is 345 g/mol. The highest BCUT2D eigenvalue weighted by atomic mass is 79.9. The third kappa shape index (κ3) is 4.27. The third-order valence-electron chi connectivity index (χ3n) is 2.88. The molecule has 0 bridgehead atoms. The van der Waals surface area contributed by atoms with E-state index in [1.54, 1.807) is 0 Å². The molecule has 0 amide bonds. The molecule has 0 aliphatic heterocycles. The second-order valence-corrected chi connectivity index (χ2v) is 6.62. The fraction of sp³-hybridized carbons (Fsp3) is 0.312. The van der Waals surface area contributed by atoms with Crippen molar-refractivity contribution in [2.24, 2.45) is 0 Å². The molecule has 0 atom stereocenters. The standard InChI is InChI=1S/C16H17BrN4/c1-16(2,3)15-20-13(17)10-14(21-15)19-12-6-4-11(5-7-12)8-9-18/h4-7,10H,8H2,1-3H3,(H,19,20,21). The third-order valence-corrected chi connectivity index (χ3v) is 3.28. The van der Waals surface area contributed by atoms with Crippen molar-refractivity contribution in [3.05, 3.63) is 46.3 Å². The van der Waals surface area contributed by atoms with Crippen LogP contribution in [-0.2, 0) is 11.8 Å². The lowest BCUT2D eigenvalue weighted by molar-refractivity contribution is 0.544. The number of nitriles is 1. The first-order chi connectivity index (χ1) is 9.88. The van der Waals surface area contributed by atoms with Gasteiger partial charge in [0.25, 0.3) is 0 Å². The van der Waals surface area contributed by atoms with Crippen molar-refractivity contribution in [1.29, 1.82) is 5.26 Å². The van der Waals surface area contributed by atoms with Crippen molar-refractivity contribution in [3.63, 3.8) is 0 Å². The molecule has 0 spiro atoms. The van der Waals surface area contributed by atoms with Gasteiger partial charge >= 0.3 is 0 Å².